The van der Waals surface area contributed by atoms with Crippen molar-refractivity contribution in [1.29, 1.82) is 0 Å². The Morgan fingerprint density at radius 2 is 2.29 bits per heavy atom. The summed E-state index contributed by atoms with van der Waals surface area (Å²) < 4.78 is 0. The molecular weight excluding hydrogens is 184 g/mol. The summed E-state index contributed by atoms with van der Waals surface area (Å²) >= 11 is 0. The van der Waals surface area contributed by atoms with Crippen molar-refractivity contribution in [3.05, 3.63) is 27.9 Å². The zero-order valence-corrected chi connectivity index (χ0v) is 8.10. The van der Waals surface area contributed by atoms with Crippen LogP contribution in [0.3, 0.4) is 0 Å². The molecule has 0 aliphatic carbocycles. The van der Waals surface area contributed by atoms with E-state index in [1.54, 1.807) is 0 Å². The van der Waals surface area contributed by atoms with Gasteiger partial charge in [-0.3, -0.25) is 10.1 Å². The van der Waals surface area contributed by atoms with Crippen LogP contribution in [-0.4, -0.2) is 15.0 Å². The average Bonchev–Trinajstić information content (AvgIpc) is 2.07. The maximum Gasteiger partial charge on any atom is 0.331 e. The summed E-state index contributed by atoms with van der Waals surface area (Å²) in [6, 6.07) is 1.36. The highest BCUT2D eigenvalue weighted by Crippen LogP contribution is 2.24. The lowest BCUT2D eigenvalue weighted by Gasteiger charge is -2.04. The minimum Gasteiger partial charge on any atom is -0.488 e. The van der Waals surface area contributed by atoms with Crippen molar-refractivity contribution < 1.29 is 10.0 Å². The van der Waals surface area contributed by atoms with Crippen LogP contribution >= 0.6 is 0 Å². The van der Waals surface area contributed by atoms with Crippen molar-refractivity contribution in [1.82, 2.24) is 4.98 Å². The summed E-state index contributed by atoms with van der Waals surface area (Å²) in [5.74, 6) is -0.122. The fourth-order valence-electron chi connectivity index (χ4n) is 1.21. The van der Waals surface area contributed by atoms with Crippen LogP contribution in [0.5, 0.6) is 5.88 Å². The van der Waals surface area contributed by atoms with E-state index < -0.39 is 10.8 Å². The van der Waals surface area contributed by atoms with E-state index in [1.807, 2.05) is 13.8 Å². The number of nitro groups is 1. The fourth-order valence-corrected chi connectivity index (χ4v) is 1.21. The van der Waals surface area contributed by atoms with E-state index in [4.69, 9.17) is 5.11 Å². The number of pyridine rings is 1. The molecule has 0 aliphatic rings. The Kier molecular flexibility index (Phi) is 3.01. The van der Waals surface area contributed by atoms with Crippen LogP contribution in [0.25, 0.3) is 0 Å². The van der Waals surface area contributed by atoms with Crippen molar-refractivity contribution in [3.63, 3.8) is 0 Å². The number of hydrogen-bond donors (Lipinski definition) is 1. The zero-order chi connectivity index (χ0) is 10.7. The summed E-state index contributed by atoms with van der Waals surface area (Å²) in [6.45, 7) is 4.03. The molecule has 0 atom stereocenters. The highest BCUT2D eigenvalue weighted by Gasteiger charge is 2.15. The van der Waals surface area contributed by atoms with Gasteiger partial charge in [0, 0.05) is 12.3 Å². The first kappa shape index (κ1) is 10.4. The predicted octanol–water partition coefficient (Wildman–Crippen LogP) is 1.89. The van der Waals surface area contributed by atoms with Crippen molar-refractivity contribution in [2.45, 2.75) is 20.3 Å². The van der Waals surface area contributed by atoms with E-state index in [1.165, 1.54) is 12.3 Å². The second kappa shape index (κ2) is 4.04. The molecule has 5 nitrogen and oxygen atoms in total. The topological polar surface area (TPSA) is 76.3 Å². The highest BCUT2D eigenvalue weighted by molar-refractivity contribution is 5.41. The normalized spacial score (nSPS) is 10.5. The van der Waals surface area contributed by atoms with Gasteiger partial charge in [0.1, 0.15) is 0 Å². The number of rotatable bonds is 3. The van der Waals surface area contributed by atoms with Gasteiger partial charge in [0.15, 0.2) is 0 Å². The number of nitrogens with zero attached hydrogens (tertiary/aromatic N) is 2. The van der Waals surface area contributed by atoms with Gasteiger partial charge in [-0.25, -0.2) is 4.98 Å². The Balaban J connectivity index is 3.00. The Morgan fingerprint density at radius 3 is 2.79 bits per heavy atom. The first-order valence-corrected chi connectivity index (χ1v) is 4.33. The Morgan fingerprint density at radius 1 is 1.64 bits per heavy atom. The van der Waals surface area contributed by atoms with E-state index in [2.05, 4.69) is 4.98 Å². The minimum absolute atomic E-state index is 0.330. The van der Waals surface area contributed by atoms with Gasteiger partial charge in [-0.05, 0) is 17.9 Å². The van der Waals surface area contributed by atoms with Crippen LogP contribution in [0.4, 0.5) is 5.69 Å². The van der Waals surface area contributed by atoms with E-state index in [-0.39, 0.29) is 5.69 Å². The first-order chi connectivity index (χ1) is 6.50. The van der Waals surface area contributed by atoms with E-state index in [0.717, 1.165) is 5.56 Å². The lowest BCUT2D eigenvalue weighted by atomic mass is 10.0. The third kappa shape index (κ3) is 2.42. The van der Waals surface area contributed by atoms with Crippen LogP contribution in [0.2, 0.25) is 0 Å². The largest absolute Gasteiger partial charge is 0.488 e. The Bertz CT molecular complexity index is 350. The second-order valence-electron chi connectivity index (χ2n) is 3.54. The Hall–Kier alpha value is -1.65. The maximum atomic E-state index is 10.5. The number of aromatic hydroxyl groups is 1. The molecule has 14 heavy (non-hydrogen) atoms. The molecule has 0 saturated heterocycles. The second-order valence-corrected chi connectivity index (χ2v) is 3.54. The molecule has 0 bridgehead atoms. The standard InChI is InChI=1S/C9H12N2O3/c1-6(2)3-7-4-8(11(13)14)9(12)10-5-7/h4-6H,3H2,1-2H3,(H,10,12). The van der Waals surface area contributed by atoms with Gasteiger partial charge in [0.25, 0.3) is 5.88 Å². The third-order valence-corrected chi connectivity index (χ3v) is 1.74. The van der Waals surface area contributed by atoms with Gasteiger partial charge < -0.3 is 5.11 Å². The monoisotopic (exact) mass is 196 g/mol. The molecule has 0 unspecified atom stereocenters. The van der Waals surface area contributed by atoms with Crippen LogP contribution in [-0.2, 0) is 6.42 Å². The molecule has 0 aromatic carbocycles. The summed E-state index contributed by atoms with van der Waals surface area (Å²) in [6.07, 6.45) is 2.18. The molecule has 5 heteroatoms. The molecule has 0 saturated carbocycles. The predicted molar refractivity (Wildman–Crippen MR) is 51.1 cm³/mol. The third-order valence-electron chi connectivity index (χ3n) is 1.74. The van der Waals surface area contributed by atoms with E-state index in [0.29, 0.717) is 12.3 Å². The molecule has 0 amide bonds. The molecule has 1 N–H and O–H groups in total. The summed E-state index contributed by atoms with van der Waals surface area (Å²) in [7, 11) is 0. The SMILES string of the molecule is CC(C)Cc1cnc(O)c([N+](=O)[O-])c1. The van der Waals surface area contributed by atoms with Crippen LogP contribution < -0.4 is 0 Å². The number of aromatic nitrogens is 1. The molecule has 0 fully saturated rings. The smallest absolute Gasteiger partial charge is 0.331 e. The molecule has 1 aromatic rings. The fraction of sp³-hybridized carbons (Fsp3) is 0.444. The highest BCUT2D eigenvalue weighted by atomic mass is 16.6. The Labute approximate surface area is 81.6 Å². The maximum absolute atomic E-state index is 10.5. The molecule has 76 valence electrons. The zero-order valence-electron chi connectivity index (χ0n) is 8.10. The molecule has 1 aromatic heterocycles. The average molecular weight is 196 g/mol. The molecule has 0 aliphatic heterocycles. The van der Waals surface area contributed by atoms with Crippen molar-refractivity contribution in [2.24, 2.45) is 5.92 Å². The van der Waals surface area contributed by atoms with Crippen LogP contribution in [0.15, 0.2) is 12.3 Å². The molecule has 0 radical (unpaired) electrons. The molecule has 1 heterocycles. The molecule has 0 spiro atoms. The van der Waals surface area contributed by atoms with Crippen molar-refractivity contribution in [3.8, 4) is 5.88 Å². The van der Waals surface area contributed by atoms with E-state index in [9.17, 15) is 10.1 Å². The molecular formula is C9H12N2O3. The number of hydrogen-bond acceptors (Lipinski definition) is 4. The van der Waals surface area contributed by atoms with Crippen LogP contribution in [0.1, 0.15) is 19.4 Å². The summed E-state index contributed by atoms with van der Waals surface area (Å²) in [5.41, 5.74) is 0.438. The van der Waals surface area contributed by atoms with Gasteiger partial charge >= 0.3 is 5.69 Å². The van der Waals surface area contributed by atoms with E-state index >= 15 is 0 Å². The van der Waals surface area contributed by atoms with Gasteiger partial charge in [0.2, 0.25) is 0 Å². The van der Waals surface area contributed by atoms with Gasteiger partial charge in [-0.2, -0.15) is 0 Å². The quantitative estimate of drug-likeness (QED) is 0.591. The van der Waals surface area contributed by atoms with Gasteiger partial charge in [-0.15, -0.1) is 0 Å². The minimum atomic E-state index is -0.633. The lowest BCUT2D eigenvalue weighted by Crippen LogP contribution is -1.97. The van der Waals surface area contributed by atoms with Gasteiger partial charge in [0.05, 0.1) is 4.92 Å². The molecule has 1 rings (SSSR count). The lowest BCUT2D eigenvalue weighted by molar-refractivity contribution is -0.386. The van der Waals surface area contributed by atoms with Crippen molar-refractivity contribution >= 4 is 5.69 Å². The van der Waals surface area contributed by atoms with Crippen molar-refractivity contribution in [2.75, 3.05) is 0 Å². The summed E-state index contributed by atoms with van der Waals surface area (Å²) in [4.78, 5) is 13.4. The van der Waals surface area contributed by atoms with Gasteiger partial charge in [-0.1, -0.05) is 13.8 Å². The summed E-state index contributed by atoms with van der Waals surface area (Å²) in [5, 5.41) is 19.6. The van der Waals surface area contributed by atoms with Crippen LogP contribution in [0, 0.1) is 16.0 Å². The first-order valence-electron chi connectivity index (χ1n) is 4.33.